The Morgan fingerprint density at radius 1 is 1.10 bits per heavy atom. The molecule has 2 aliphatic rings. The molecule has 2 N–H and O–H groups in total. The van der Waals surface area contributed by atoms with Crippen LogP contribution in [0.1, 0.15) is 48.6 Å². The molecule has 4 rings (SSSR count). The van der Waals surface area contributed by atoms with Gasteiger partial charge < -0.3 is 10.4 Å². The lowest BCUT2D eigenvalue weighted by Crippen LogP contribution is -2.52. The zero-order chi connectivity index (χ0) is 20.5. The summed E-state index contributed by atoms with van der Waals surface area (Å²) in [6, 6.07) is 15.4. The Bertz CT molecular complexity index is 911. The van der Waals surface area contributed by atoms with Gasteiger partial charge in [-0.1, -0.05) is 47.5 Å². The molecule has 29 heavy (non-hydrogen) atoms. The number of rotatable bonds is 6. The SMILES string of the molecule is O=C(O)C[C@@H]1C[C@H](c2cccc(Cl)c2)[C@@H](C(c2ccc(Cl)cc2)C2CC2)NC1=O. The molecule has 1 saturated heterocycles. The van der Waals surface area contributed by atoms with Gasteiger partial charge in [-0.2, -0.15) is 0 Å². The van der Waals surface area contributed by atoms with Crippen LogP contribution in [-0.4, -0.2) is 23.0 Å². The highest BCUT2D eigenvalue weighted by Gasteiger charge is 2.46. The van der Waals surface area contributed by atoms with Crippen molar-refractivity contribution < 1.29 is 14.7 Å². The molecule has 1 aliphatic heterocycles. The van der Waals surface area contributed by atoms with Crippen LogP contribution in [0.2, 0.25) is 10.0 Å². The number of piperidine rings is 1. The summed E-state index contributed by atoms with van der Waals surface area (Å²) >= 11 is 12.3. The smallest absolute Gasteiger partial charge is 0.304 e. The van der Waals surface area contributed by atoms with Gasteiger partial charge in [0.25, 0.3) is 0 Å². The van der Waals surface area contributed by atoms with Gasteiger partial charge in [0.15, 0.2) is 0 Å². The number of nitrogens with one attached hydrogen (secondary N) is 1. The highest BCUT2D eigenvalue weighted by Crippen LogP contribution is 2.50. The molecule has 0 radical (unpaired) electrons. The van der Waals surface area contributed by atoms with E-state index >= 15 is 0 Å². The summed E-state index contributed by atoms with van der Waals surface area (Å²) in [5, 5.41) is 13.8. The van der Waals surface area contributed by atoms with Crippen molar-refractivity contribution in [2.75, 3.05) is 0 Å². The average molecular weight is 432 g/mol. The fraction of sp³-hybridized carbons (Fsp3) is 0.391. The fourth-order valence-corrected chi connectivity index (χ4v) is 4.99. The number of carbonyl (C=O) groups is 2. The van der Waals surface area contributed by atoms with Crippen LogP contribution < -0.4 is 5.32 Å². The summed E-state index contributed by atoms with van der Waals surface area (Å²) < 4.78 is 0. The van der Waals surface area contributed by atoms with Crippen molar-refractivity contribution in [3.63, 3.8) is 0 Å². The molecular formula is C23H23Cl2NO3. The van der Waals surface area contributed by atoms with E-state index in [2.05, 4.69) is 5.32 Å². The van der Waals surface area contributed by atoms with E-state index in [9.17, 15) is 14.7 Å². The summed E-state index contributed by atoms with van der Waals surface area (Å²) in [7, 11) is 0. The highest BCUT2D eigenvalue weighted by molar-refractivity contribution is 6.30. The number of carboxylic acids is 1. The monoisotopic (exact) mass is 431 g/mol. The van der Waals surface area contributed by atoms with Crippen LogP contribution in [0, 0.1) is 11.8 Å². The Morgan fingerprint density at radius 3 is 2.45 bits per heavy atom. The van der Waals surface area contributed by atoms with Crippen molar-refractivity contribution in [2.45, 2.75) is 43.6 Å². The quantitative estimate of drug-likeness (QED) is 0.655. The van der Waals surface area contributed by atoms with Gasteiger partial charge in [0.05, 0.1) is 6.42 Å². The maximum absolute atomic E-state index is 12.8. The largest absolute Gasteiger partial charge is 0.481 e. The predicted molar refractivity (Wildman–Crippen MR) is 113 cm³/mol. The molecule has 1 amide bonds. The van der Waals surface area contributed by atoms with E-state index in [1.807, 2.05) is 48.5 Å². The molecule has 0 aromatic heterocycles. The number of hydrogen-bond donors (Lipinski definition) is 2. The molecule has 1 heterocycles. The van der Waals surface area contributed by atoms with E-state index in [0.717, 1.165) is 24.0 Å². The number of benzene rings is 2. The zero-order valence-electron chi connectivity index (χ0n) is 15.9. The van der Waals surface area contributed by atoms with Gasteiger partial charge in [-0.3, -0.25) is 9.59 Å². The first-order valence-corrected chi connectivity index (χ1v) is 10.7. The second-order valence-electron chi connectivity index (χ2n) is 8.14. The summed E-state index contributed by atoms with van der Waals surface area (Å²) in [6.45, 7) is 0. The van der Waals surface area contributed by atoms with Crippen molar-refractivity contribution in [3.8, 4) is 0 Å². The first kappa shape index (κ1) is 20.2. The summed E-state index contributed by atoms with van der Waals surface area (Å²) in [5.41, 5.74) is 2.20. The van der Waals surface area contributed by atoms with Crippen LogP contribution in [0.25, 0.3) is 0 Å². The van der Waals surface area contributed by atoms with E-state index in [1.165, 1.54) is 0 Å². The summed E-state index contributed by atoms with van der Waals surface area (Å²) in [5.74, 6) is -1.01. The van der Waals surface area contributed by atoms with Crippen molar-refractivity contribution in [1.29, 1.82) is 0 Å². The van der Waals surface area contributed by atoms with Crippen LogP contribution in [0.15, 0.2) is 48.5 Å². The molecule has 0 spiro atoms. The van der Waals surface area contributed by atoms with Crippen molar-refractivity contribution in [1.82, 2.24) is 5.32 Å². The molecule has 4 atom stereocenters. The van der Waals surface area contributed by atoms with E-state index in [4.69, 9.17) is 23.2 Å². The number of amides is 1. The average Bonchev–Trinajstić information content (AvgIpc) is 3.50. The minimum absolute atomic E-state index is 0.00275. The lowest BCUT2D eigenvalue weighted by molar-refractivity contribution is -0.142. The predicted octanol–water partition coefficient (Wildman–Crippen LogP) is 5.25. The van der Waals surface area contributed by atoms with Gasteiger partial charge in [-0.05, 0) is 60.6 Å². The maximum Gasteiger partial charge on any atom is 0.304 e. The highest BCUT2D eigenvalue weighted by atomic mass is 35.5. The lowest BCUT2D eigenvalue weighted by atomic mass is 9.71. The Hall–Kier alpha value is -2.04. The Kier molecular flexibility index (Phi) is 5.84. The molecule has 1 unspecified atom stereocenters. The molecule has 2 aromatic carbocycles. The van der Waals surface area contributed by atoms with Crippen LogP contribution in [0.5, 0.6) is 0 Å². The minimum atomic E-state index is -0.954. The van der Waals surface area contributed by atoms with Crippen molar-refractivity contribution in [3.05, 3.63) is 69.7 Å². The first-order valence-electron chi connectivity index (χ1n) is 9.95. The van der Waals surface area contributed by atoms with Crippen LogP contribution in [0.4, 0.5) is 0 Å². The van der Waals surface area contributed by atoms with Gasteiger partial charge in [0, 0.05) is 33.8 Å². The number of carboxylic acid groups (broad SMARTS) is 1. The van der Waals surface area contributed by atoms with Crippen molar-refractivity contribution >= 4 is 35.1 Å². The van der Waals surface area contributed by atoms with Gasteiger partial charge in [-0.25, -0.2) is 0 Å². The normalized spacial score (nSPS) is 25.3. The molecule has 1 saturated carbocycles. The number of hydrogen-bond acceptors (Lipinski definition) is 2. The van der Waals surface area contributed by atoms with Crippen molar-refractivity contribution in [2.24, 2.45) is 11.8 Å². The van der Waals surface area contributed by atoms with Crippen LogP contribution in [0.3, 0.4) is 0 Å². The fourth-order valence-electron chi connectivity index (χ4n) is 4.66. The third kappa shape index (κ3) is 4.59. The minimum Gasteiger partial charge on any atom is -0.481 e. The Labute approximate surface area is 180 Å². The van der Waals surface area contributed by atoms with Gasteiger partial charge in [0.2, 0.25) is 5.91 Å². The van der Waals surface area contributed by atoms with E-state index in [1.54, 1.807) is 0 Å². The Balaban J connectivity index is 1.72. The lowest BCUT2D eigenvalue weighted by Gasteiger charge is -2.41. The van der Waals surface area contributed by atoms with E-state index < -0.39 is 11.9 Å². The second kappa shape index (κ2) is 8.37. The molecule has 152 valence electrons. The van der Waals surface area contributed by atoms with Crippen LogP contribution >= 0.6 is 23.2 Å². The molecule has 2 aromatic rings. The number of halogens is 2. The first-order chi connectivity index (χ1) is 13.9. The van der Waals surface area contributed by atoms with Gasteiger partial charge in [-0.15, -0.1) is 0 Å². The molecule has 2 fully saturated rings. The standard InChI is InChI=1S/C23H23Cl2NO3/c24-17-8-6-14(7-9-17)21(13-4-5-13)22-19(15-2-1-3-18(25)10-15)11-16(12-20(27)28)23(29)26-22/h1-3,6-10,13,16,19,21-22H,4-5,11-12H2,(H,26,29)(H,27,28)/t16-,19+,21?,22-/m0/s1. The molecule has 6 heteroatoms. The molecule has 0 bridgehead atoms. The number of aliphatic carboxylic acids is 1. The topological polar surface area (TPSA) is 66.4 Å². The van der Waals surface area contributed by atoms with Crippen LogP contribution in [-0.2, 0) is 9.59 Å². The third-order valence-corrected chi connectivity index (χ3v) is 6.61. The Morgan fingerprint density at radius 2 is 1.83 bits per heavy atom. The van der Waals surface area contributed by atoms with E-state index in [-0.39, 0.29) is 30.2 Å². The second-order valence-corrected chi connectivity index (χ2v) is 9.01. The summed E-state index contributed by atoms with van der Waals surface area (Å²) in [6.07, 6.45) is 2.59. The zero-order valence-corrected chi connectivity index (χ0v) is 17.4. The number of carbonyl (C=O) groups excluding carboxylic acids is 1. The molecular weight excluding hydrogens is 409 g/mol. The van der Waals surface area contributed by atoms with Gasteiger partial charge >= 0.3 is 5.97 Å². The summed E-state index contributed by atoms with van der Waals surface area (Å²) in [4.78, 5) is 24.1. The third-order valence-electron chi connectivity index (χ3n) is 6.12. The maximum atomic E-state index is 12.8. The molecule has 4 nitrogen and oxygen atoms in total. The van der Waals surface area contributed by atoms with Gasteiger partial charge in [0.1, 0.15) is 0 Å². The van der Waals surface area contributed by atoms with E-state index in [0.29, 0.717) is 22.4 Å². The molecule has 1 aliphatic carbocycles.